The summed E-state index contributed by atoms with van der Waals surface area (Å²) < 4.78 is 0.972. The van der Waals surface area contributed by atoms with Gasteiger partial charge in [-0.25, -0.2) is 0 Å². The van der Waals surface area contributed by atoms with Crippen molar-refractivity contribution >= 4 is 80.0 Å². The second-order valence-electron chi connectivity index (χ2n) is 9.33. The lowest BCUT2D eigenvalue weighted by Crippen LogP contribution is -2.42. The van der Waals surface area contributed by atoms with Crippen LogP contribution in [0.2, 0.25) is 10.6 Å². The molecule has 2 N–H and O–H groups in total. The first-order chi connectivity index (χ1) is 17.3. The Morgan fingerprint density at radius 2 is 1.67 bits per heavy atom. The number of nitrogens with one attached hydrogen (secondary N) is 2. The number of rotatable bonds is 3. The van der Waals surface area contributed by atoms with Gasteiger partial charge in [-0.15, -0.1) is 11.8 Å². The van der Waals surface area contributed by atoms with Crippen LogP contribution < -0.4 is 10.3 Å². The van der Waals surface area contributed by atoms with Gasteiger partial charge in [0.1, 0.15) is 0 Å². The van der Waals surface area contributed by atoms with E-state index < -0.39 is 11.8 Å². The molecule has 7 rings (SSSR count). The molecule has 14 heteroatoms. The number of aromatic amines is 1. The van der Waals surface area contributed by atoms with Gasteiger partial charge in [0.25, 0.3) is 11.8 Å². The number of hydrogen-bond acceptors (Lipinski definition) is 9. The van der Waals surface area contributed by atoms with Crippen LogP contribution in [0.4, 0.5) is 5.95 Å². The summed E-state index contributed by atoms with van der Waals surface area (Å²) in [5.41, 5.74) is 3.82. The topological polar surface area (TPSA) is 121 Å². The first-order valence-electron chi connectivity index (χ1n) is 11.2. The number of imide groups is 1. The smallest absolute Gasteiger partial charge is 0.305 e. The van der Waals surface area contributed by atoms with Crippen molar-refractivity contribution in [1.29, 1.82) is 0 Å². The number of H-pyrrole nitrogens is 1. The highest BCUT2D eigenvalue weighted by Gasteiger charge is 2.69. The van der Waals surface area contributed by atoms with Gasteiger partial charge in [0.05, 0.1) is 16.9 Å². The monoisotopic (exact) mass is 624 g/mol. The number of nitrogens with zero attached hydrogens (tertiary/aromatic N) is 4. The molecule has 9 nitrogen and oxygen atoms in total. The highest BCUT2D eigenvalue weighted by Crippen LogP contribution is 2.68. The Morgan fingerprint density at radius 3 is 2.36 bits per heavy atom. The number of halogens is 3. The highest BCUT2D eigenvalue weighted by atomic mass is 79.9. The van der Waals surface area contributed by atoms with E-state index in [0.29, 0.717) is 0 Å². The molecule has 2 aromatic heterocycles. The minimum absolute atomic E-state index is 0.00489. The van der Waals surface area contributed by atoms with Crippen LogP contribution in [-0.2, 0) is 9.59 Å². The van der Waals surface area contributed by atoms with E-state index >= 15 is 0 Å². The Morgan fingerprint density at radius 1 is 1.00 bits per heavy atom. The zero-order chi connectivity index (χ0) is 24.9. The molecule has 4 heterocycles. The van der Waals surface area contributed by atoms with Gasteiger partial charge in [-0.3, -0.25) is 19.8 Å². The van der Waals surface area contributed by atoms with Gasteiger partial charge < -0.3 is 4.98 Å². The fraction of sp³-hybridized carbons (Fsp3) is 0.364. The number of thiazole rings is 1. The molecule has 2 saturated carbocycles. The molecular weight excluding hydrogens is 611 g/mol. The summed E-state index contributed by atoms with van der Waals surface area (Å²) >= 11 is 18.1. The van der Waals surface area contributed by atoms with Crippen molar-refractivity contribution in [3.63, 3.8) is 0 Å². The number of thioether (sulfide) groups is 1. The van der Waals surface area contributed by atoms with Crippen LogP contribution in [0.5, 0.6) is 0 Å². The quantitative estimate of drug-likeness (QED) is 0.416. The van der Waals surface area contributed by atoms with Gasteiger partial charge in [0, 0.05) is 20.5 Å². The van der Waals surface area contributed by atoms with E-state index in [4.69, 9.17) is 23.2 Å². The van der Waals surface area contributed by atoms with E-state index in [-0.39, 0.29) is 62.1 Å². The highest BCUT2D eigenvalue weighted by molar-refractivity contribution is 9.10. The van der Waals surface area contributed by atoms with Crippen LogP contribution >= 0.6 is 62.2 Å². The van der Waals surface area contributed by atoms with Gasteiger partial charge in [-0.05, 0) is 65.1 Å². The number of hydrogen-bond donors (Lipinski definition) is 2. The van der Waals surface area contributed by atoms with Crippen LogP contribution in [0, 0.1) is 29.6 Å². The summed E-state index contributed by atoms with van der Waals surface area (Å²) in [6.07, 6.45) is 0.804. The molecule has 7 atom stereocenters. The zero-order valence-electron chi connectivity index (χ0n) is 18.0. The van der Waals surface area contributed by atoms with Crippen molar-refractivity contribution in [2.75, 3.05) is 5.43 Å². The maximum atomic E-state index is 13.6. The van der Waals surface area contributed by atoms with Crippen LogP contribution in [-0.4, -0.2) is 42.0 Å². The fourth-order valence-electron chi connectivity index (χ4n) is 6.65. The Bertz CT molecular complexity index is 1480. The fourth-order valence-corrected chi connectivity index (χ4v) is 10.2. The minimum atomic E-state index is -0.445. The average molecular weight is 626 g/mol. The molecule has 0 radical (unpaired) electrons. The molecule has 1 saturated heterocycles. The second-order valence-corrected chi connectivity index (χ2v) is 13.1. The van der Waals surface area contributed by atoms with Crippen LogP contribution in [0.25, 0.3) is 0 Å². The number of amides is 2. The lowest BCUT2D eigenvalue weighted by atomic mass is 9.68. The standard InChI is InChI=1S/C22H15BrCl2N6O3S2/c23-7-3-1-6(2-4-7)10-11-8-5-9(14(11)35-16-15(10)36-22(34)26-16)13-12(8)17(32)31(18(13)33)30-21-28-19(24)27-20(25)29-21/h1-4,8-14H,5H2,(H,26,34)(H,27,28,29,30). The van der Waals surface area contributed by atoms with E-state index in [1.165, 1.54) is 11.3 Å². The normalized spacial score (nSPS) is 32.0. The first kappa shape index (κ1) is 23.2. The number of aromatic nitrogens is 4. The Balaban J connectivity index is 1.27. The van der Waals surface area contributed by atoms with E-state index in [2.05, 4.69) is 53.4 Å². The third kappa shape index (κ3) is 3.34. The molecule has 2 bridgehead atoms. The molecule has 3 aromatic rings. The van der Waals surface area contributed by atoms with Crippen molar-refractivity contribution in [2.45, 2.75) is 22.6 Å². The number of fused-ring (bicyclic) bond motifs is 9. The van der Waals surface area contributed by atoms with Gasteiger partial charge in [0.15, 0.2) is 0 Å². The number of carbonyl (C=O) groups excluding carboxylic acids is 2. The third-order valence-corrected chi connectivity index (χ3v) is 11.2. The number of carbonyl (C=O) groups is 2. The molecule has 4 aliphatic rings. The average Bonchev–Trinajstić information content (AvgIpc) is 3.55. The summed E-state index contributed by atoms with van der Waals surface area (Å²) in [5, 5.41) is 1.73. The molecule has 36 heavy (non-hydrogen) atoms. The lowest BCUT2D eigenvalue weighted by molar-refractivity contribution is -0.139. The molecular formula is C22H15BrCl2N6O3S2. The van der Waals surface area contributed by atoms with Gasteiger partial charge in [0.2, 0.25) is 16.5 Å². The molecule has 2 amide bonds. The molecule has 184 valence electrons. The van der Waals surface area contributed by atoms with Crippen LogP contribution in [0.3, 0.4) is 0 Å². The maximum Gasteiger partial charge on any atom is 0.305 e. The van der Waals surface area contributed by atoms with E-state index in [1.54, 1.807) is 11.8 Å². The molecule has 1 aromatic carbocycles. The van der Waals surface area contributed by atoms with E-state index in [9.17, 15) is 14.4 Å². The summed E-state index contributed by atoms with van der Waals surface area (Å²) in [6, 6.07) is 8.14. The van der Waals surface area contributed by atoms with Gasteiger partial charge in [-0.2, -0.15) is 20.0 Å². The van der Waals surface area contributed by atoms with Gasteiger partial charge >= 0.3 is 4.87 Å². The Labute approximate surface area is 230 Å². The summed E-state index contributed by atoms with van der Waals surface area (Å²) in [6.45, 7) is 0. The van der Waals surface area contributed by atoms with Crippen molar-refractivity contribution in [3.05, 3.63) is 59.4 Å². The van der Waals surface area contributed by atoms with Crippen molar-refractivity contribution < 1.29 is 9.59 Å². The Kier molecular flexibility index (Phi) is 5.31. The summed E-state index contributed by atoms with van der Waals surface area (Å²) in [7, 11) is 0. The Hall–Kier alpha value is -1.99. The molecule has 3 fully saturated rings. The molecule has 0 spiro atoms. The molecule has 2 aliphatic heterocycles. The lowest BCUT2D eigenvalue weighted by Gasteiger charge is -2.43. The maximum absolute atomic E-state index is 13.6. The van der Waals surface area contributed by atoms with Crippen molar-refractivity contribution in [3.8, 4) is 0 Å². The van der Waals surface area contributed by atoms with E-state index in [0.717, 1.165) is 31.4 Å². The van der Waals surface area contributed by atoms with Crippen molar-refractivity contribution in [1.82, 2.24) is 24.9 Å². The van der Waals surface area contributed by atoms with Crippen LogP contribution in [0.1, 0.15) is 22.8 Å². The van der Waals surface area contributed by atoms with Gasteiger partial charge in [-0.1, -0.05) is 39.4 Å². The van der Waals surface area contributed by atoms with E-state index in [1.807, 2.05) is 12.1 Å². The number of hydrazine groups is 1. The number of anilines is 1. The molecule has 7 unspecified atom stereocenters. The summed E-state index contributed by atoms with van der Waals surface area (Å²) in [4.78, 5) is 55.0. The second kappa shape index (κ2) is 8.26. The number of benzene rings is 1. The largest absolute Gasteiger partial charge is 0.307 e. The first-order valence-corrected chi connectivity index (χ1v) is 14.4. The van der Waals surface area contributed by atoms with Crippen molar-refractivity contribution in [2.24, 2.45) is 29.6 Å². The van der Waals surface area contributed by atoms with Crippen LogP contribution in [0.15, 0.2) is 38.6 Å². The predicted octanol–water partition coefficient (Wildman–Crippen LogP) is 4.19. The predicted molar refractivity (Wildman–Crippen MR) is 138 cm³/mol. The minimum Gasteiger partial charge on any atom is -0.307 e. The molecule has 2 aliphatic carbocycles. The summed E-state index contributed by atoms with van der Waals surface area (Å²) in [5.74, 6) is -1.42. The SMILES string of the molecule is O=C1C2C3CC(C2C(=O)N1Nc1nc(Cl)nc(Cl)n1)C1C(c2ccc(Br)cc2)c2sc(=O)[nH]c2SC31. The third-order valence-electron chi connectivity index (χ3n) is 7.75. The zero-order valence-corrected chi connectivity index (χ0v) is 22.8.